The highest BCUT2D eigenvalue weighted by atomic mass is 32.2. The van der Waals surface area contributed by atoms with Gasteiger partial charge in [-0.15, -0.1) is 0 Å². The zero-order valence-electron chi connectivity index (χ0n) is 16.9. The Morgan fingerprint density at radius 1 is 1.17 bits per heavy atom. The second-order valence-electron chi connectivity index (χ2n) is 7.35. The summed E-state index contributed by atoms with van der Waals surface area (Å²) in [6, 6.07) is 6.28. The molecule has 0 saturated carbocycles. The van der Waals surface area contributed by atoms with Crippen molar-refractivity contribution < 1.29 is 13.2 Å². The first kappa shape index (κ1) is 21.1. The lowest BCUT2D eigenvalue weighted by Gasteiger charge is -2.22. The van der Waals surface area contributed by atoms with E-state index in [1.165, 1.54) is 6.07 Å². The molecule has 1 aliphatic rings. The number of rotatable bonds is 5. The molecule has 0 unspecified atom stereocenters. The van der Waals surface area contributed by atoms with Crippen LogP contribution in [0.15, 0.2) is 46.0 Å². The highest BCUT2D eigenvalue weighted by molar-refractivity contribution is 7.90. The Balaban J connectivity index is 1.79. The van der Waals surface area contributed by atoms with Gasteiger partial charge in [-0.05, 0) is 82.1 Å². The molecular weight excluding hydrogens is 388 g/mol. The number of aryl methyl sites for hydroxylation is 2. The maximum absolute atomic E-state index is 12.7. The third-order valence-electron chi connectivity index (χ3n) is 5.20. The summed E-state index contributed by atoms with van der Waals surface area (Å²) in [5.41, 5.74) is 3.16. The fourth-order valence-electron chi connectivity index (χ4n) is 3.41. The predicted octanol–water partition coefficient (Wildman–Crippen LogP) is 3.10. The van der Waals surface area contributed by atoms with Crippen molar-refractivity contribution in [1.29, 1.82) is 0 Å². The van der Waals surface area contributed by atoms with Crippen LogP contribution in [0.2, 0.25) is 0 Å². The van der Waals surface area contributed by atoms with Crippen LogP contribution in [0.1, 0.15) is 41.3 Å². The number of hydrogen-bond donors (Lipinski definition) is 2. The Morgan fingerprint density at radius 2 is 1.90 bits per heavy atom. The number of carbonyl (C=O) groups excluding carboxylic acids is 1. The van der Waals surface area contributed by atoms with Crippen LogP contribution >= 0.6 is 0 Å². The lowest BCUT2D eigenvalue weighted by molar-refractivity contribution is 0.102. The van der Waals surface area contributed by atoms with Crippen LogP contribution < -0.4 is 10.6 Å². The minimum Gasteiger partial charge on any atom is -0.322 e. The molecule has 1 fully saturated rings. The van der Waals surface area contributed by atoms with E-state index in [2.05, 4.69) is 20.0 Å². The first-order valence-electron chi connectivity index (χ1n) is 9.63. The molecule has 1 aromatic carbocycles. The van der Waals surface area contributed by atoms with Gasteiger partial charge in [-0.3, -0.25) is 9.78 Å². The number of aromatic nitrogens is 1. The number of pyridine rings is 1. The summed E-state index contributed by atoms with van der Waals surface area (Å²) < 4.78 is 29.5. The topological polar surface area (TPSA) is 101 Å². The van der Waals surface area contributed by atoms with Crippen molar-refractivity contribution in [3.8, 4) is 0 Å². The molecule has 0 atom stereocenters. The average molecular weight is 415 g/mol. The number of anilines is 1. The number of amides is 1. The molecule has 0 radical (unpaired) electrons. The minimum absolute atomic E-state index is 0.126. The van der Waals surface area contributed by atoms with Crippen LogP contribution in [-0.2, 0) is 10.0 Å². The average Bonchev–Trinajstić information content (AvgIpc) is 2.70. The largest absolute Gasteiger partial charge is 0.322 e. The molecule has 1 saturated heterocycles. The van der Waals surface area contributed by atoms with E-state index in [9.17, 15) is 13.2 Å². The van der Waals surface area contributed by atoms with Crippen molar-refractivity contribution >= 4 is 27.3 Å². The fraction of sp³-hybridized carbons (Fsp3) is 0.381. The Labute approximate surface area is 171 Å². The van der Waals surface area contributed by atoms with Gasteiger partial charge in [0.2, 0.25) is 0 Å². The molecule has 0 spiro atoms. The van der Waals surface area contributed by atoms with Crippen molar-refractivity contribution in [3.05, 3.63) is 53.3 Å². The van der Waals surface area contributed by atoms with E-state index in [1.807, 2.05) is 6.92 Å². The van der Waals surface area contributed by atoms with Crippen LogP contribution in [0.25, 0.3) is 0 Å². The van der Waals surface area contributed by atoms with E-state index in [0.717, 1.165) is 31.5 Å². The molecular formula is C21H26N4O3S. The van der Waals surface area contributed by atoms with Crippen molar-refractivity contribution in [2.45, 2.75) is 38.5 Å². The Hall–Kier alpha value is -2.58. The van der Waals surface area contributed by atoms with Crippen LogP contribution in [0, 0.1) is 19.8 Å². The number of benzene rings is 1. The van der Waals surface area contributed by atoms with Crippen LogP contribution in [-0.4, -0.2) is 38.1 Å². The standard InChI is InChI=1S/C21H26N4O3S/c1-14-12-18(29(27,28)25-16(3)17-6-9-22-10-7-17)4-5-20(14)24-21(26)19-8-11-23-13-15(19)2/h4-5,8,11-13,17,22H,6-7,9-10H2,1-3H3,(H,24,26). The third-order valence-corrected chi connectivity index (χ3v) is 6.58. The zero-order chi connectivity index (χ0) is 21.0. The summed E-state index contributed by atoms with van der Waals surface area (Å²) >= 11 is 0. The summed E-state index contributed by atoms with van der Waals surface area (Å²) in [5.74, 6) is -0.0716. The minimum atomic E-state index is -3.79. The maximum atomic E-state index is 12.7. The second kappa shape index (κ2) is 8.84. The third kappa shape index (κ3) is 5.07. The van der Waals surface area contributed by atoms with E-state index in [0.29, 0.717) is 22.5 Å². The summed E-state index contributed by atoms with van der Waals surface area (Å²) in [7, 11) is -3.79. The smallest absolute Gasteiger partial charge is 0.282 e. The molecule has 7 nitrogen and oxygen atoms in total. The first-order chi connectivity index (χ1) is 13.8. The van der Waals surface area contributed by atoms with Gasteiger partial charge >= 0.3 is 0 Å². The molecule has 0 bridgehead atoms. The van der Waals surface area contributed by atoms with Crippen molar-refractivity contribution in [1.82, 2.24) is 10.3 Å². The monoisotopic (exact) mass is 414 g/mol. The van der Waals surface area contributed by atoms with Gasteiger partial charge in [0.1, 0.15) is 0 Å². The summed E-state index contributed by atoms with van der Waals surface area (Å²) in [4.78, 5) is 16.6. The van der Waals surface area contributed by atoms with E-state index >= 15 is 0 Å². The van der Waals surface area contributed by atoms with Crippen molar-refractivity contribution in [2.24, 2.45) is 10.3 Å². The molecule has 1 aromatic heterocycles. The lowest BCUT2D eigenvalue weighted by atomic mass is 9.94. The molecule has 1 aliphatic heterocycles. The van der Waals surface area contributed by atoms with Crippen LogP contribution in [0.4, 0.5) is 5.69 Å². The number of nitrogens with zero attached hydrogens (tertiary/aromatic N) is 2. The highest BCUT2D eigenvalue weighted by Gasteiger charge is 2.21. The van der Waals surface area contributed by atoms with Gasteiger partial charge in [0.15, 0.2) is 0 Å². The SMILES string of the molecule is CC(=NS(=O)(=O)c1ccc(NC(=O)c2ccncc2C)c(C)c1)C1CCNCC1. The number of nitrogens with one attached hydrogen (secondary N) is 2. The molecule has 2 heterocycles. The van der Waals surface area contributed by atoms with Gasteiger partial charge in [-0.2, -0.15) is 12.8 Å². The normalized spacial score (nSPS) is 15.9. The molecule has 2 N–H and O–H groups in total. The van der Waals surface area contributed by atoms with Crippen molar-refractivity contribution in [2.75, 3.05) is 18.4 Å². The molecule has 2 aromatic rings. The number of sulfonamides is 1. The lowest BCUT2D eigenvalue weighted by Crippen LogP contribution is -2.31. The van der Waals surface area contributed by atoms with E-state index < -0.39 is 10.0 Å². The Morgan fingerprint density at radius 3 is 2.55 bits per heavy atom. The van der Waals surface area contributed by atoms with Crippen LogP contribution in [0.5, 0.6) is 0 Å². The quantitative estimate of drug-likeness (QED) is 0.732. The first-order valence-corrected chi connectivity index (χ1v) is 11.1. The van der Waals surface area contributed by atoms with Gasteiger partial charge in [0, 0.05) is 35.3 Å². The van der Waals surface area contributed by atoms with Crippen molar-refractivity contribution in [3.63, 3.8) is 0 Å². The van der Waals surface area contributed by atoms with Crippen LogP contribution in [0.3, 0.4) is 0 Å². The van der Waals surface area contributed by atoms with E-state index in [-0.39, 0.29) is 16.7 Å². The number of carbonyl (C=O) groups is 1. The maximum Gasteiger partial charge on any atom is 0.282 e. The Bertz CT molecular complexity index is 1040. The molecule has 8 heteroatoms. The molecule has 0 aliphatic carbocycles. The number of piperidine rings is 1. The van der Waals surface area contributed by atoms with Gasteiger partial charge in [0.05, 0.1) is 4.90 Å². The van der Waals surface area contributed by atoms with Gasteiger partial charge in [-0.25, -0.2) is 0 Å². The van der Waals surface area contributed by atoms with E-state index in [4.69, 9.17) is 0 Å². The fourth-order valence-corrected chi connectivity index (χ4v) is 4.61. The zero-order valence-corrected chi connectivity index (χ0v) is 17.7. The van der Waals surface area contributed by atoms with E-state index in [1.54, 1.807) is 44.4 Å². The molecule has 1 amide bonds. The summed E-state index contributed by atoms with van der Waals surface area (Å²) in [5, 5.41) is 6.10. The number of hydrogen-bond acceptors (Lipinski definition) is 5. The Kier molecular flexibility index (Phi) is 6.44. The highest BCUT2D eigenvalue weighted by Crippen LogP contribution is 2.23. The summed E-state index contributed by atoms with van der Waals surface area (Å²) in [6.45, 7) is 7.11. The predicted molar refractivity (Wildman–Crippen MR) is 114 cm³/mol. The van der Waals surface area contributed by atoms with Gasteiger partial charge in [0.25, 0.3) is 15.9 Å². The summed E-state index contributed by atoms with van der Waals surface area (Å²) in [6.07, 6.45) is 4.97. The second-order valence-corrected chi connectivity index (χ2v) is 8.96. The molecule has 3 rings (SSSR count). The van der Waals surface area contributed by atoms with Gasteiger partial charge < -0.3 is 10.6 Å². The molecule has 29 heavy (non-hydrogen) atoms. The molecule has 154 valence electrons. The van der Waals surface area contributed by atoms with Gasteiger partial charge in [-0.1, -0.05) is 0 Å².